The maximum Gasteiger partial charge on any atom is 0.164 e. The number of fused-ring (bicyclic) bond motifs is 3. The first-order valence-corrected chi connectivity index (χ1v) is 11.0. The van der Waals surface area contributed by atoms with Crippen molar-refractivity contribution in [1.82, 2.24) is 15.0 Å². The first kappa shape index (κ1) is 18.9. The first-order valence-electron chi connectivity index (χ1n) is 10.2. The fourth-order valence-corrected chi connectivity index (χ4v) is 4.38. The van der Waals surface area contributed by atoms with E-state index in [2.05, 4.69) is 22.0 Å². The lowest BCUT2D eigenvalue weighted by Gasteiger charge is -2.09. The normalized spacial score (nSPS) is 11.3. The summed E-state index contributed by atoms with van der Waals surface area (Å²) in [5, 5.41) is 2.01. The van der Waals surface area contributed by atoms with E-state index in [4.69, 9.17) is 19.4 Å². The quantitative estimate of drug-likeness (QED) is 0.264. The van der Waals surface area contributed by atoms with Crippen molar-refractivity contribution >= 4 is 37.9 Å². The fraction of sp³-hybridized carbons (Fsp3) is 0. The Balaban J connectivity index is 1.66. The smallest absolute Gasteiger partial charge is 0.164 e. The van der Waals surface area contributed by atoms with Gasteiger partial charge in [-0.25, -0.2) is 15.0 Å². The number of para-hydroxylation sites is 1. The van der Waals surface area contributed by atoms with Crippen molar-refractivity contribution in [3.8, 4) is 34.2 Å². The second kappa shape index (κ2) is 7.70. The highest BCUT2D eigenvalue weighted by molar-refractivity contribution is 9.10. The van der Waals surface area contributed by atoms with E-state index in [1.807, 2.05) is 91.0 Å². The predicted molar refractivity (Wildman–Crippen MR) is 131 cm³/mol. The third-order valence-electron chi connectivity index (χ3n) is 5.41. The molecule has 4 aromatic carbocycles. The van der Waals surface area contributed by atoms with Crippen LogP contribution >= 0.6 is 15.9 Å². The van der Waals surface area contributed by atoms with Gasteiger partial charge in [-0.05, 0) is 28.1 Å². The number of halogens is 1. The summed E-state index contributed by atoms with van der Waals surface area (Å²) >= 11 is 3.61. The molecule has 0 saturated heterocycles. The van der Waals surface area contributed by atoms with Gasteiger partial charge in [-0.2, -0.15) is 0 Å². The minimum absolute atomic E-state index is 0.617. The van der Waals surface area contributed by atoms with E-state index in [1.165, 1.54) is 0 Å². The summed E-state index contributed by atoms with van der Waals surface area (Å²) in [6, 6.07) is 32.0. The van der Waals surface area contributed by atoms with Crippen LogP contribution in [0.3, 0.4) is 0 Å². The van der Waals surface area contributed by atoms with Crippen molar-refractivity contribution < 1.29 is 4.42 Å². The number of rotatable bonds is 3. The molecule has 32 heavy (non-hydrogen) atoms. The van der Waals surface area contributed by atoms with Gasteiger partial charge in [0.1, 0.15) is 11.2 Å². The van der Waals surface area contributed by atoms with Gasteiger partial charge in [0.05, 0.1) is 4.47 Å². The summed E-state index contributed by atoms with van der Waals surface area (Å²) in [5.74, 6) is 1.90. The molecule has 0 aliphatic carbocycles. The third-order valence-corrected chi connectivity index (χ3v) is 6.04. The van der Waals surface area contributed by atoms with Gasteiger partial charge < -0.3 is 4.42 Å². The van der Waals surface area contributed by atoms with Crippen LogP contribution in [0.2, 0.25) is 0 Å². The summed E-state index contributed by atoms with van der Waals surface area (Å²) in [4.78, 5) is 14.6. The molecule has 6 aromatic rings. The zero-order chi connectivity index (χ0) is 21.5. The lowest BCUT2D eigenvalue weighted by Crippen LogP contribution is -2.00. The molecule has 2 heterocycles. The standard InChI is InChI=1S/C27H16BrN3O/c28-21-15-7-13-19-23-20(14-8-16-22(23)32-24(19)21)27-30-25(17-9-3-1-4-10-17)29-26(31-27)18-11-5-2-6-12-18/h1-16H. The molecule has 0 spiro atoms. The van der Waals surface area contributed by atoms with E-state index in [1.54, 1.807) is 0 Å². The van der Waals surface area contributed by atoms with Gasteiger partial charge in [-0.1, -0.05) is 84.9 Å². The first-order chi connectivity index (χ1) is 15.8. The van der Waals surface area contributed by atoms with Crippen LogP contribution in [-0.4, -0.2) is 15.0 Å². The maximum atomic E-state index is 6.16. The highest BCUT2D eigenvalue weighted by Crippen LogP contribution is 2.38. The van der Waals surface area contributed by atoms with Crippen LogP contribution in [0.25, 0.3) is 56.1 Å². The molecule has 0 atom stereocenters. The Bertz CT molecular complexity index is 1520. The van der Waals surface area contributed by atoms with Crippen LogP contribution in [0.4, 0.5) is 0 Å². The summed E-state index contributed by atoms with van der Waals surface area (Å²) in [5.41, 5.74) is 4.42. The number of nitrogens with zero attached hydrogens (tertiary/aromatic N) is 3. The lowest BCUT2D eigenvalue weighted by molar-refractivity contribution is 0.667. The Morgan fingerprint density at radius 1 is 0.562 bits per heavy atom. The number of furan rings is 1. The van der Waals surface area contributed by atoms with Crippen LogP contribution in [0.5, 0.6) is 0 Å². The van der Waals surface area contributed by atoms with E-state index in [9.17, 15) is 0 Å². The molecule has 152 valence electrons. The van der Waals surface area contributed by atoms with E-state index in [0.717, 1.165) is 43.1 Å². The summed E-state index contributed by atoms with van der Waals surface area (Å²) in [6.07, 6.45) is 0. The second-order valence-electron chi connectivity index (χ2n) is 7.44. The van der Waals surface area contributed by atoms with Gasteiger partial charge in [0, 0.05) is 27.5 Å². The minimum Gasteiger partial charge on any atom is -0.455 e. The second-order valence-corrected chi connectivity index (χ2v) is 8.29. The molecule has 0 bridgehead atoms. The Labute approximate surface area is 192 Å². The molecule has 0 amide bonds. The van der Waals surface area contributed by atoms with Crippen LogP contribution in [0, 0.1) is 0 Å². The van der Waals surface area contributed by atoms with Crippen LogP contribution in [0.1, 0.15) is 0 Å². The zero-order valence-electron chi connectivity index (χ0n) is 16.9. The van der Waals surface area contributed by atoms with Crippen molar-refractivity contribution in [1.29, 1.82) is 0 Å². The molecule has 5 heteroatoms. The Morgan fingerprint density at radius 2 is 1.16 bits per heavy atom. The average molecular weight is 478 g/mol. The summed E-state index contributed by atoms with van der Waals surface area (Å²) in [6.45, 7) is 0. The fourth-order valence-electron chi connectivity index (χ4n) is 3.93. The summed E-state index contributed by atoms with van der Waals surface area (Å²) in [7, 11) is 0. The van der Waals surface area contributed by atoms with Crippen LogP contribution < -0.4 is 0 Å². The Morgan fingerprint density at radius 3 is 1.81 bits per heavy atom. The van der Waals surface area contributed by atoms with Crippen molar-refractivity contribution in [2.24, 2.45) is 0 Å². The molecule has 0 aliphatic rings. The molecule has 0 saturated carbocycles. The molecular weight excluding hydrogens is 462 g/mol. The summed E-state index contributed by atoms with van der Waals surface area (Å²) < 4.78 is 7.08. The average Bonchev–Trinajstić information content (AvgIpc) is 3.25. The predicted octanol–water partition coefficient (Wildman–Crippen LogP) is 7.53. The van der Waals surface area contributed by atoms with Gasteiger partial charge in [0.15, 0.2) is 17.5 Å². The third kappa shape index (κ3) is 3.18. The van der Waals surface area contributed by atoms with E-state index < -0.39 is 0 Å². The minimum atomic E-state index is 0.617. The van der Waals surface area contributed by atoms with Crippen molar-refractivity contribution in [3.63, 3.8) is 0 Å². The Hall–Kier alpha value is -3.83. The van der Waals surface area contributed by atoms with Gasteiger partial charge in [0.2, 0.25) is 0 Å². The zero-order valence-corrected chi connectivity index (χ0v) is 18.5. The number of aromatic nitrogens is 3. The largest absolute Gasteiger partial charge is 0.455 e. The van der Waals surface area contributed by atoms with E-state index in [0.29, 0.717) is 17.5 Å². The van der Waals surface area contributed by atoms with Crippen molar-refractivity contribution in [3.05, 3.63) is 102 Å². The number of hydrogen-bond acceptors (Lipinski definition) is 4. The Kier molecular flexibility index (Phi) is 4.55. The molecular formula is C27H16BrN3O. The SMILES string of the molecule is Brc1cccc2c1oc1cccc(-c3nc(-c4ccccc4)nc(-c4ccccc4)n3)c12. The molecule has 0 aliphatic heterocycles. The van der Waals surface area contributed by atoms with E-state index in [-0.39, 0.29) is 0 Å². The van der Waals surface area contributed by atoms with E-state index >= 15 is 0 Å². The highest BCUT2D eigenvalue weighted by Gasteiger charge is 2.18. The monoisotopic (exact) mass is 477 g/mol. The lowest BCUT2D eigenvalue weighted by atomic mass is 10.1. The topological polar surface area (TPSA) is 51.8 Å². The molecule has 2 aromatic heterocycles. The van der Waals surface area contributed by atoms with Crippen LogP contribution in [-0.2, 0) is 0 Å². The molecule has 0 unspecified atom stereocenters. The molecule has 4 nitrogen and oxygen atoms in total. The van der Waals surface area contributed by atoms with Crippen molar-refractivity contribution in [2.45, 2.75) is 0 Å². The van der Waals surface area contributed by atoms with Crippen LogP contribution in [0.15, 0.2) is 106 Å². The number of hydrogen-bond donors (Lipinski definition) is 0. The van der Waals surface area contributed by atoms with Gasteiger partial charge in [0.25, 0.3) is 0 Å². The molecule has 6 rings (SSSR count). The van der Waals surface area contributed by atoms with Gasteiger partial charge in [-0.15, -0.1) is 0 Å². The maximum absolute atomic E-state index is 6.16. The molecule has 0 radical (unpaired) electrons. The molecule has 0 fully saturated rings. The molecule has 0 N–H and O–H groups in total. The van der Waals surface area contributed by atoms with Gasteiger partial charge >= 0.3 is 0 Å². The number of benzene rings is 4. The van der Waals surface area contributed by atoms with Crippen molar-refractivity contribution in [2.75, 3.05) is 0 Å². The van der Waals surface area contributed by atoms with Gasteiger partial charge in [-0.3, -0.25) is 0 Å². The highest BCUT2D eigenvalue weighted by atomic mass is 79.9.